The number of rotatable bonds is 4. The lowest BCUT2D eigenvalue weighted by molar-refractivity contribution is -0.120. The molecule has 1 saturated heterocycles. The third kappa shape index (κ3) is 3.33. The predicted molar refractivity (Wildman–Crippen MR) is 74.2 cm³/mol. The third-order valence-corrected chi connectivity index (χ3v) is 4.91. The van der Waals surface area contributed by atoms with Gasteiger partial charge in [0.1, 0.15) is 11.9 Å². The van der Waals surface area contributed by atoms with Crippen LogP contribution in [-0.4, -0.2) is 32.5 Å². The number of benzene rings is 1. The molecule has 1 aliphatic rings. The van der Waals surface area contributed by atoms with E-state index in [0.717, 1.165) is 18.2 Å². The number of carbonyl (C=O) groups excluding carboxylic acids is 1. The molecule has 116 valence electrons. The Morgan fingerprint density at radius 2 is 2.10 bits per heavy atom. The van der Waals surface area contributed by atoms with Crippen LogP contribution in [0.4, 0.5) is 4.39 Å². The SMILES string of the molecule is CC1NNC(C(N)=O)C1NS(=O)(=O)c1ccc(F)c(Cl)c1. The Labute approximate surface area is 126 Å². The highest BCUT2D eigenvalue weighted by atomic mass is 35.5. The summed E-state index contributed by atoms with van der Waals surface area (Å²) >= 11 is 5.58. The van der Waals surface area contributed by atoms with E-state index < -0.39 is 33.8 Å². The first-order valence-electron chi connectivity index (χ1n) is 6.00. The first kappa shape index (κ1) is 16.1. The topological polar surface area (TPSA) is 113 Å². The van der Waals surface area contributed by atoms with Gasteiger partial charge in [0.2, 0.25) is 15.9 Å². The van der Waals surface area contributed by atoms with Crippen molar-refractivity contribution in [2.75, 3.05) is 0 Å². The van der Waals surface area contributed by atoms with Crippen LogP contribution >= 0.6 is 11.6 Å². The quantitative estimate of drug-likeness (QED) is 0.590. The van der Waals surface area contributed by atoms with Gasteiger partial charge in [0, 0.05) is 6.04 Å². The van der Waals surface area contributed by atoms with Crippen LogP contribution in [0.5, 0.6) is 0 Å². The van der Waals surface area contributed by atoms with E-state index in [1.807, 2.05) is 0 Å². The fraction of sp³-hybridized carbons (Fsp3) is 0.364. The fourth-order valence-electron chi connectivity index (χ4n) is 2.00. The van der Waals surface area contributed by atoms with E-state index >= 15 is 0 Å². The molecule has 7 nitrogen and oxygen atoms in total. The first-order chi connectivity index (χ1) is 9.72. The summed E-state index contributed by atoms with van der Waals surface area (Å²) in [6.45, 7) is 1.68. The van der Waals surface area contributed by atoms with Crippen molar-refractivity contribution in [1.29, 1.82) is 0 Å². The zero-order chi connectivity index (χ0) is 15.8. The summed E-state index contributed by atoms with van der Waals surface area (Å²) in [6, 6.07) is 0.995. The first-order valence-corrected chi connectivity index (χ1v) is 7.86. The van der Waals surface area contributed by atoms with Crippen molar-refractivity contribution in [2.24, 2.45) is 5.73 Å². The Balaban J connectivity index is 2.28. The number of halogens is 2. The molecule has 1 heterocycles. The molecular formula is C11H14ClFN4O3S. The largest absolute Gasteiger partial charge is 0.368 e. The fourth-order valence-corrected chi connectivity index (χ4v) is 3.60. The average Bonchev–Trinajstić information content (AvgIpc) is 2.74. The van der Waals surface area contributed by atoms with E-state index in [0.29, 0.717) is 0 Å². The van der Waals surface area contributed by atoms with Gasteiger partial charge >= 0.3 is 0 Å². The van der Waals surface area contributed by atoms with Gasteiger partial charge in [-0.3, -0.25) is 10.2 Å². The van der Waals surface area contributed by atoms with Gasteiger partial charge in [-0.25, -0.2) is 23.0 Å². The number of sulfonamides is 1. The van der Waals surface area contributed by atoms with Crippen LogP contribution in [0.2, 0.25) is 5.02 Å². The lowest BCUT2D eigenvalue weighted by Gasteiger charge is -2.20. The van der Waals surface area contributed by atoms with Crippen molar-refractivity contribution in [3.63, 3.8) is 0 Å². The van der Waals surface area contributed by atoms with E-state index in [2.05, 4.69) is 15.6 Å². The highest BCUT2D eigenvalue weighted by molar-refractivity contribution is 7.89. The highest BCUT2D eigenvalue weighted by Crippen LogP contribution is 2.20. The molecule has 10 heteroatoms. The van der Waals surface area contributed by atoms with Crippen molar-refractivity contribution in [3.8, 4) is 0 Å². The number of hydrogen-bond acceptors (Lipinski definition) is 5. The summed E-state index contributed by atoms with van der Waals surface area (Å²) in [7, 11) is -3.97. The van der Waals surface area contributed by atoms with Crippen molar-refractivity contribution in [2.45, 2.75) is 29.9 Å². The summed E-state index contributed by atoms with van der Waals surface area (Å²) in [6.07, 6.45) is 0. The van der Waals surface area contributed by atoms with Crippen LogP contribution in [0.25, 0.3) is 0 Å². The van der Waals surface area contributed by atoms with Crippen LogP contribution in [-0.2, 0) is 14.8 Å². The number of amides is 1. The summed E-state index contributed by atoms with van der Waals surface area (Å²) in [5.41, 5.74) is 10.5. The van der Waals surface area contributed by atoms with Crippen LogP contribution in [0.1, 0.15) is 6.92 Å². The van der Waals surface area contributed by atoms with Gasteiger partial charge in [0.25, 0.3) is 0 Å². The summed E-state index contributed by atoms with van der Waals surface area (Å²) in [5.74, 6) is -1.42. The van der Waals surface area contributed by atoms with Crippen LogP contribution in [0.15, 0.2) is 23.1 Å². The Morgan fingerprint density at radius 3 is 2.67 bits per heavy atom. The molecule has 1 aliphatic heterocycles. The predicted octanol–water partition coefficient (Wildman–Crippen LogP) is -0.524. The molecule has 0 spiro atoms. The van der Waals surface area contributed by atoms with Gasteiger partial charge in [0.15, 0.2) is 0 Å². The van der Waals surface area contributed by atoms with Gasteiger partial charge in [-0.15, -0.1) is 0 Å². The Hall–Kier alpha value is -1.26. The summed E-state index contributed by atoms with van der Waals surface area (Å²) < 4.78 is 40.0. The molecule has 0 saturated carbocycles. The van der Waals surface area contributed by atoms with Crippen molar-refractivity contribution in [3.05, 3.63) is 29.0 Å². The number of hydrogen-bond donors (Lipinski definition) is 4. The van der Waals surface area contributed by atoms with Crippen LogP contribution in [0.3, 0.4) is 0 Å². The number of primary amides is 1. The number of carbonyl (C=O) groups is 1. The Kier molecular flexibility index (Phi) is 4.49. The molecule has 0 bridgehead atoms. The molecule has 3 unspecified atom stereocenters. The van der Waals surface area contributed by atoms with Crippen molar-refractivity contribution < 1.29 is 17.6 Å². The molecule has 0 aliphatic carbocycles. The molecule has 2 rings (SSSR count). The molecule has 3 atom stereocenters. The van der Waals surface area contributed by atoms with E-state index in [4.69, 9.17) is 17.3 Å². The number of hydrazine groups is 1. The van der Waals surface area contributed by atoms with Gasteiger partial charge < -0.3 is 5.73 Å². The molecule has 1 aromatic rings. The average molecular weight is 337 g/mol. The third-order valence-electron chi connectivity index (χ3n) is 3.16. The molecule has 21 heavy (non-hydrogen) atoms. The molecular weight excluding hydrogens is 323 g/mol. The summed E-state index contributed by atoms with van der Waals surface area (Å²) in [5, 5.41) is -0.306. The zero-order valence-electron chi connectivity index (χ0n) is 10.9. The van der Waals surface area contributed by atoms with E-state index in [1.165, 1.54) is 0 Å². The molecule has 1 fully saturated rings. The minimum Gasteiger partial charge on any atom is -0.368 e. The van der Waals surface area contributed by atoms with Gasteiger partial charge in [-0.05, 0) is 25.1 Å². The second kappa shape index (κ2) is 5.85. The lowest BCUT2D eigenvalue weighted by atomic mass is 10.1. The highest BCUT2D eigenvalue weighted by Gasteiger charge is 2.39. The smallest absolute Gasteiger partial charge is 0.240 e. The molecule has 1 aromatic carbocycles. The minimum absolute atomic E-state index is 0.198. The monoisotopic (exact) mass is 336 g/mol. The number of nitrogens with one attached hydrogen (secondary N) is 3. The standard InChI is InChI=1S/C11H14ClFN4O3S/c1-5-9(10(11(14)18)16-15-5)17-21(19,20)6-2-3-8(13)7(12)4-6/h2-5,9-10,15-17H,1H3,(H2,14,18). The maximum absolute atomic E-state index is 13.1. The van der Waals surface area contributed by atoms with Gasteiger partial charge in [-0.1, -0.05) is 11.6 Å². The minimum atomic E-state index is -3.97. The van der Waals surface area contributed by atoms with Crippen molar-refractivity contribution >= 4 is 27.5 Å². The van der Waals surface area contributed by atoms with E-state index in [1.54, 1.807) is 6.92 Å². The number of nitrogens with two attached hydrogens (primary N) is 1. The van der Waals surface area contributed by atoms with Crippen LogP contribution < -0.4 is 21.3 Å². The Morgan fingerprint density at radius 1 is 1.43 bits per heavy atom. The van der Waals surface area contributed by atoms with Crippen molar-refractivity contribution in [1.82, 2.24) is 15.6 Å². The second-order valence-corrected chi connectivity index (χ2v) is 6.80. The normalized spacial score (nSPS) is 26.0. The molecule has 5 N–H and O–H groups in total. The maximum atomic E-state index is 13.1. The Bertz CT molecular complexity index is 669. The van der Waals surface area contributed by atoms with E-state index in [-0.39, 0.29) is 16.0 Å². The maximum Gasteiger partial charge on any atom is 0.240 e. The van der Waals surface area contributed by atoms with Crippen LogP contribution in [0, 0.1) is 5.82 Å². The zero-order valence-corrected chi connectivity index (χ0v) is 12.5. The molecule has 1 amide bonds. The molecule has 0 radical (unpaired) electrons. The van der Waals surface area contributed by atoms with E-state index in [9.17, 15) is 17.6 Å². The van der Waals surface area contributed by atoms with Gasteiger partial charge in [0.05, 0.1) is 16.0 Å². The lowest BCUT2D eigenvalue weighted by Crippen LogP contribution is -2.52. The summed E-state index contributed by atoms with van der Waals surface area (Å²) in [4.78, 5) is 11.1. The molecule has 0 aromatic heterocycles. The van der Waals surface area contributed by atoms with Gasteiger partial charge in [-0.2, -0.15) is 0 Å². The second-order valence-electron chi connectivity index (χ2n) is 4.68.